The maximum absolute atomic E-state index is 12.1. The van der Waals surface area contributed by atoms with E-state index in [0.29, 0.717) is 5.56 Å². The van der Waals surface area contributed by atoms with Gasteiger partial charge in [0.15, 0.2) is 5.78 Å². The molecule has 2 aromatic heterocycles. The number of carbonyl (C=O) groups excluding carboxylic acids is 1. The van der Waals surface area contributed by atoms with Gasteiger partial charge in [-0.25, -0.2) is 4.98 Å². The Labute approximate surface area is 196 Å². The van der Waals surface area contributed by atoms with Crippen LogP contribution in [0.25, 0.3) is 16.4 Å². The van der Waals surface area contributed by atoms with Crippen LogP contribution in [0, 0.1) is 13.0 Å². The summed E-state index contributed by atoms with van der Waals surface area (Å²) in [6, 6.07) is 9.37. The maximum Gasteiger partial charge on any atom is 0.266 e. The van der Waals surface area contributed by atoms with E-state index in [0.717, 1.165) is 17.5 Å². The second kappa shape index (κ2) is 8.68. The number of aromatic nitrogens is 2. The third kappa shape index (κ3) is 4.65. The molecule has 1 radical (unpaired) electrons. The van der Waals surface area contributed by atoms with Gasteiger partial charge in [-0.3, -0.25) is 9.59 Å². The van der Waals surface area contributed by atoms with Crippen LogP contribution in [0.5, 0.6) is 0 Å². The minimum Gasteiger partial charge on any atom is -0.512 e. The first-order valence-corrected chi connectivity index (χ1v) is 10.1. The molecule has 0 fully saturated rings. The average molecular weight is 598 g/mol. The summed E-state index contributed by atoms with van der Waals surface area (Å²) < 4.78 is 2.14. The van der Waals surface area contributed by atoms with Gasteiger partial charge in [0.2, 0.25) is 0 Å². The molecule has 0 atom stereocenters. The Bertz CT molecular complexity index is 1250. The predicted molar refractivity (Wildman–Crippen MR) is 120 cm³/mol. The Balaban J connectivity index is 0.000000373. The Hall–Kier alpha value is -2.30. The molecule has 5 nitrogen and oxygen atoms in total. The van der Waals surface area contributed by atoms with Crippen molar-refractivity contribution in [2.75, 3.05) is 0 Å². The molecule has 0 saturated heterocycles. The Morgan fingerprint density at radius 1 is 1.23 bits per heavy atom. The van der Waals surface area contributed by atoms with E-state index in [9.17, 15) is 9.59 Å². The summed E-state index contributed by atoms with van der Waals surface area (Å²) in [7, 11) is 0. The van der Waals surface area contributed by atoms with E-state index in [1.54, 1.807) is 0 Å². The van der Waals surface area contributed by atoms with Gasteiger partial charge in [-0.15, -0.1) is 29.7 Å². The zero-order valence-corrected chi connectivity index (χ0v) is 21.5. The minimum absolute atomic E-state index is 0. The van der Waals surface area contributed by atoms with E-state index < -0.39 is 0 Å². The molecule has 0 saturated carbocycles. The maximum atomic E-state index is 12.1. The van der Waals surface area contributed by atoms with Crippen LogP contribution in [-0.2, 0) is 35.7 Å². The standard InChI is InChI=1S/C20H21N2O.C5H8O2.Ir/c1-12-10-22-16-15(19(2,3)11-20(16,4)5)13-8-6-7-9-14(13)17(22)21-18(12)23;1-4(6)3-5(2)7;/h6-8,10H,11H2,1-5H3;3,6H,1-2H3;/q-1;;. The minimum atomic E-state index is -0.154. The van der Waals surface area contributed by atoms with Crippen molar-refractivity contribution < 1.29 is 30.0 Å². The predicted octanol–water partition coefficient (Wildman–Crippen LogP) is 4.95. The van der Waals surface area contributed by atoms with Crippen molar-refractivity contribution in [3.8, 4) is 0 Å². The summed E-state index contributed by atoms with van der Waals surface area (Å²) in [5.41, 5.74) is 4.01. The first-order valence-electron chi connectivity index (χ1n) is 10.1. The fourth-order valence-electron chi connectivity index (χ4n) is 4.89. The topological polar surface area (TPSA) is 71.7 Å². The van der Waals surface area contributed by atoms with Crippen LogP contribution in [0.3, 0.4) is 0 Å². The van der Waals surface area contributed by atoms with Gasteiger partial charge in [0.25, 0.3) is 5.56 Å². The molecule has 0 unspecified atom stereocenters. The van der Waals surface area contributed by atoms with Gasteiger partial charge >= 0.3 is 0 Å². The van der Waals surface area contributed by atoms with Crippen molar-refractivity contribution >= 4 is 22.2 Å². The normalized spacial score (nSPS) is 16.3. The Kier molecular flexibility index (Phi) is 6.99. The van der Waals surface area contributed by atoms with E-state index in [-0.39, 0.29) is 48.0 Å². The van der Waals surface area contributed by atoms with Crippen molar-refractivity contribution in [1.29, 1.82) is 0 Å². The number of hydrogen-bond donors (Lipinski definition) is 1. The molecule has 0 amide bonds. The number of allylic oxidation sites excluding steroid dienone is 2. The molecule has 2 heterocycles. The molecule has 0 aliphatic heterocycles. The third-order valence-electron chi connectivity index (χ3n) is 5.54. The fraction of sp³-hybridized carbons (Fsp3) is 0.400. The van der Waals surface area contributed by atoms with E-state index in [1.165, 1.54) is 36.6 Å². The zero-order chi connectivity index (χ0) is 22.4. The number of aliphatic hydroxyl groups is 1. The molecule has 1 aromatic carbocycles. The van der Waals surface area contributed by atoms with Crippen molar-refractivity contribution in [3.05, 3.63) is 69.5 Å². The van der Waals surface area contributed by atoms with Crippen molar-refractivity contribution in [2.45, 2.75) is 65.7 Å². The molecule has 0 bridgehead atoms. The quantitative estimate of drug-likeness (QED) is 0.187. The van der Waals surface area contributed by atoms with Crippen molar-refractivity contribution in [1.82, 2.24) is 9.38 Å². The molecule has 6 heteroatoms. The van der Waals surface area contributed by atoms with Gasteiger partial charge in [0, 0.05) is 49.1 Å². The molecule has 31 heavy (non-hydrogen) atoms. The molecule has 1 aliphatic rings. The summed E-state index contributed by atoms with van der Waals surface area (Å²) in [6.07, 6.45) is 4.19. The summed E-state index contributed by atoms with van der Waals surface area (Å²) in [4.78, 5) is 26.5. The monoisotopic (exact) mass is 598 g/mol. The summed E-state index contributed by atoms with van der Waals surface area (Å²) in [5.74, 6) is -0.0625. The summed E-state index contributed by atoms with van der Waals surface area (Å²) in [6.45, 7) is 13.9. The summed E-state index contributed by atoms with van der Waals surface area (Å²) >= 11 is 0. The van der Waals surface area contributed by atoms with Gasteiger partial charge < -0.3 is 9.51 Å². The van der Waals surface area contributed by atoms with Gasteiger partial charge in [-0.2, -0.15) is 0 Å². The molecular weight excluding hydrogens is 569 g/mol. The number of aliphatic hydroxyl groups excluding tert-OH is 1. The van der Waals surface area contributed by atoms with E-state index in [4.69, 9.17) is 5.11 Å². The van der Waals surface area contributed by atoms with Gasteiger partial charge in [0.05, 0.1) is 11.4 Å². The zero-order valence-electron chi connectivity index (χ0n) is 19.1. The van der Waals surface area contributed by atoms with Crippen LogP contribution < -0.4 is 5.56 Å². The first kappa shape index (κ1) is 25.0. The first-order chi connectivity index (χ1) is 13.8. The fourth-order valence-corrected chi connectivity index (χ4v) is 4.89. The second-order valence-corrected chi connectivity index (χ2v) is 9.45. The van der Waals surface area contributed by atoms with Crippen LogP contribution in [-0.4, -0.2) is 20.3 Å². The molecule has 0 spiro atoms. The number of aryl methyl sites for hydroxylation is 1. The number of pyridine rings is 1. The molecule has 1 aliphatic carbocycles. The smallest absolute Gasteiger partial charge is 0.266 e. The number of fused-ring (bicyclic) bond motifs is 6. The number of nitrogens with zero attached hydrogens (tertiary/aromatic N) is 2. The van der Waals surface area contributed by atoms with Gasteiger partial charge in [0.1, 0.15) is 0 Å². The average Bonchev–Trinajstić information content (AvgIpc) is 2.80. The van der Waals surface area contributed by atoms with Crippen LogP contribution in [0.4, 0.5) is 0 Å². The number of carbonyl (C=O) groups is 1. The number of benzene rings is 1. The van der Waals surface area contributed by atoms with Crippen LogP contribution in [0.1, 0.15) is 64.8 Å². The third-order valence-corrected chi connectivity index (χ3v) is 5.54. The van der Waals surface area contributed by atoms with Crippen molar-refractivity contribution in [2.24, 2.45) is 0 Å². The van der Waals surface area contributed by atoms with E-state index in [1.807, 2.05) is 25.3 Å². The van der Waals surface area contributed by atoms with E-state index in [2.05, 4.69) is 49.2 Å². The van der Waals surface area contributed by atoms with Crippen LogP contribution >= 0.6 is 0 Å². The molecule has 4 rings (SSSR count). The molecule has 1 N–H and O–H groups in total. The van der Waals surface area contributed by atoms with E-state index >= 15 is 0 Å². The molecule has 167 valence electrons. The largest absolute Gasteiger partial charge is 0.512 e. The van der Waals surface area contributed by atoms with Gasteiger partial charge in [-0.1, -0.05) is 38.6 Å². The molecular formula is C25H29IrN2O3-. The number of hydrogen-bond acceptors (Lipinski definition) is 4. The number of ketones is 1. The number of rotatable bonds is 1. The Morgan fingerprint density at radius 3 is 2.42 bits per heavy atom. The second-order valence-electron chi connectivity index (χ2n) is 9.45. The van der Waals surface area contributed by atoms with Crippen LogP contribution in [0.2, 0.25) is 0 Å². The Morgan fingerprint density at radius 2 is 1.87 bits per heavy atom. The SMILES string of the molecule is CC(=O)C=C(C)O.Cc1cn2c3c(c4ccc[c-]c4c2nc1=O)C(C)(C)CC3(C)C.[Ir]. The van der Waals surface area contributed by atoms with Crippen LogP contribution in [0.15, 0.2) is 41.0 Å². The van der Waals surface area contributed by atoms with Crippen molar-refractivity contribution in [3.63, 3.8) is 0 Å². The van der Waals surface area contributed by atoms with Gasteiger partial charge in [-0.05, 0) is 32.6 Å². The molecule has 3 aromatic rings. The summed E-state index contributed by atoms with van der Waals surface area (Å²) in [5, 5.41) is 10.5.